The molecule has 5 heteroatoms. The summed E-state index contributed by atoms with van der Waals surface area (Å²) in [5.41, 5.74) is -1.18. The van der Waals surface area contributed by atoms with Crippen molar-refractivity contribution >= 4 is 15.8 Å². The molecule has 1 fully saturated rings. The van der Waals surface area contributed by atoms with Crippen LogP contribution in [-0.4, -0.2) is 30.5 Å². The van der Waals surface area contributed by atoms with E-state index in [1.807, 2.05) is 0 Å². The minimum absolute atomic E-state index is 0.250. The van der Waals surface area contributed by atoms with E-state index in [1.165, 1.54) is 13.8 Å². The highest BCUT2D eigenvalue weighted by molar-refractivity contribution is 7.92. The van der Waals surface area contributed by atoms with Crippen LogP contribution in [0.4, 0.5) is 0 Å². The zero-order valence-corrected chi connectivity index (χ0v) is 10.7. The van der Waals surface area contributed by atoms with E-state index in [0.717, 1.165) is 19.3 Å². The summed E-state index contributed by atoms with van der Waals surface area (Å²) in [6.45, 7) is 2.94. The van der Waals surface area contributed by atoms with Gasteiger partial charge in [-0.2, -0.15) is 0 Å². The maximum Gasteiger partial charge on any atom is 0.310 e. The lowest BCUT2D eigenvalue weighted by Gasteiger charge is -2.26. The average molecular weight is 248 g/mol. The summed E-state index contributed by atoms with van der Waals surface area (Å²) in [7, 11) is -3.27. The first-order valence-corrected chi connectivity index (χ1v) is 7.42. The Bertz CT molecular complexity index is 350. The molecule has 0 atom stereocenters. The van der Waals surface area contributed by atoms with E-state index in [2.05, 4.69) is 0 Å². The van der Waals surface area contributed by atoms with Gasteiger partial charge in [0.25, 0.3) is 0 Å². The van der Waals surface area contributed by atoms with Gasteiger partial charge in [-0.25, -0.2) is 8.42 Å². The van der Waals surface area contributed by atoms with Crippen LogP contribution in [0.5, 0.6) is 0 Å². The Morgan fingerprint density at radius 2 is 1.75 bits per heavy atom. The quantitative estimate of drug-likeness (QED) is 0.824. The molecule has 0 saturated heterocycles. The smallest absolute Gasteiger partial charge is 0.310 e. The molecule has 0 aromatic rings. The van der Waals surface area contributed by atoms with Crippen molar-refractivity contribution < 1.29 is 18.3 Å². The first-order valence-electron chi connectivity index (χ1n) is 5.71. The second kappa shape index (κ2) is 4.73. The minimum Gasteiger partial charge on any atom is -0.481 e. The van der Waals surface area contributed by atoms with Crippen LogP contribution < -0.4 is 0 Å². The zero-order valence-electron chi connectivity index (χ0n) is 9.90. The molecule has 0 aromatic heterocycles. The predicted molar refractivity (Wildman–Crippen MR) is 62.1 cm³/mol. The van der Waals surface area contributed by atoms with Gasteiger partial charge in [-0.05, 0) is 26.7 Å². The number of rotatable bonds is 4. The van der Waals surface area contributed by atoms with Gasteiger partial charge in [0.15, 0.2) is 9.84 Å². The molecule has 0 radical (unpaired) electrons. The normalized spacial score (nSPS) is 19.6. The van der Waals surface area contributed by atoms with E-state index in [-0.39, 0.29) is 11.0 Å². The number of aliphatic carboxylic acids is 1. The van der Waals surface area contributed by atoms with E-state index in [1.54, 1.807) is 0 Å². The highest BCUT2D eigenvalue weighted by Crippen LogP contribution is 2.28. The fourth-order valence-corrected chi connectivity index (χ4v) is 4.52. The fourth-order valence-electron chi connectivity index (χ4n) is 2.11. The van der Waals surface area contributed by atoms with Gasteiger partial charge in [0.2, 0.25) is 0 Å². The van der Waals surface area contributed by atoms with Gasteiger partial charge in [0.1, 0.15) is 0 Å². The molecule has 1 aliphatic rings. The van der Waals surface area contributed by atoms with Crippen molar-refractivity contribution in [2.24, 2.45) is 5.41 Å². The Morgan fingerprint density at radius 1 is 1.25 bits per heavy atom. The Kier molecular flexibility index (Phi) is 3.99. The highest BCUT2D eigenvalue weighted by Gasteiger charge is 2.37. The maximum absolute atomic E-state index is 12.0. The van der Waals surface area contributed by atoms with Crippen molar-refractivity contribution in [3.8, 4) is 0 Å². The van der Waals surface area contributed by atoms with Crippen LogP contribution in [-0.2, 0) is 14.6 Å². The Hall–Kier alpha value is -0.580. The monoisotopic (exact) mass is 248 g/mol. The molecule has 1 N–H and O–H groups in total. The fraction of sp³-hybridized carbons (Fsp3) is 0.909. The molecular weight excluding hydrogens is 228 g/mol. The molecule has 0 amide bonds. The summed E-state index contributed by atoms with van der Waals surface area (Å²) < 4.78 is 24.1. The molecule has 94 valence electrons. The van der Waals surface area contributed by atoms with Crippen LogP contribution >= 0.6 is 0 Å². The number of carbonyl (C=O) groups is 1. The first-order chi connectivity index (χ1) is 7.26. The van der Waals surface area contributed by atoms with Crippen molar-refractivity contribution in [1.29, 1.82) is 0 Å². The lowest BCUT2D eigenvalue weighted by atomic mass is 9.97. The lowest BCUT2D eigenvalue weighted by Crippen LogP contribution is -2.37. The summed E-state index contributed by atoms with van der Waals surface area (Å²) in [6.07, 6.45) is 4.36. The third-order valence-corrected chi connectivity index (χ3v) is 5.81. The first kappa shape index (κ1) is 13.5. The van der Waals surface area contributed by atoms with Crippen LogP contribution in [0.2, 0.25) is 0 Å². The van der Waals surface area contributed by atoms with Crippen LogP contribution in [0, 0.1) is 5.41 Å². The summed E-state index contributed by atoms with van der Waals surface area (Å²) >= 11 is 0. The van der Waals surface area contributed by atoms with Gasteiger partial charge >= 0.3 is 5.97 Å². The summed E-state index contributed by atoms with van der Waals surface area (Å²) in [5, 5.41) is 8.62. The highest BCUT2D eigenvalue weighted by atomic mass is 32.2. The molecule has 0 bridgehead atoms. The number of carboxylic acid groups (broad SMARTS) is 1. The van der Waals surface area contributed by atoms with E-state index >= 15 is 0 Å². The Labute approximate surface area is 97.0 Å². The molecule has 0 spiro atoms. The Balaban J connectivity index is 2.74. The van der Waals surface area contributed by atoms with Crippen LogP contribution in [0.15, 0.2) is 0 Å². The maximum atomic E-state index is 12.0. The number of carboxylic acids is 1. The lowest BCUT2D eigenvalue weighted by molar-refractivity contribution is -0.145. The van der Waals surface area contributed by atoms with Gasteiger partial charge < -0.3 is 5.11 Å². The number of hydrogen-bond donors (Lipinski definition) is 1. The second-order valence-electron chi connectivity index (χ2n) is 5.26. The second-order valence-corrected chi connectivity index (χ2v) is 7.54. The standard InChI is InChI=1S/C11H20O4S/c1-11(2,10(12)13)8-16(14,15)9-6-4-3-5-7-9/h9H,3-8H2,1-2H3,(H,12,13). The van der Waals surface area contributed by atoms with E-state index in [0.29, 0.717) is 12.8 Å². The van der Waals surface area contributed by atoms with Crippen LogP contribution in [0.25, 0.3) is 0 Å². The summed E-state index contributed by atoms with van der Waals surface area (Å²) in [4.78, 5) is 10.9. The SMILES string of the molecule is CC(C)(CS(=O)(=O)C1CCCCC1)C(=O)O. The third-order valence-electron chi connectivity index (χ3n) is 3.20. The van der Waals surface area contributed by atoms with E-state index in [9.17, 15) is 13.2 Å². The molecule has 1 aliphatic carbocycles. The summed E-state index contributed by atoms with van der Waals surface area (Å²) in [6, 6.07) is 0. The molecule has 1 saturated carbocycles. The zero-order chi connectivity index (χ0) is 12.4. The van der Waals surface area contributed by atoms with Crippen LogP contribution in [0.1, 0.15) is 46.0 Å². The molecule has 0 unspecified atom stereocenters. The average Bonchev–Trinajstić information content (AvgIpc) is 2.17. The topological polar surface area (TPSA) is 71.4 Å². The molecule has 0 heterocycles. The number of hydrogen-bond acceptors (Lipinski definition) is 3. The predicted octanol–water partition coefficient (Wildman–Crippen LogP) is 1.84. The Morgan fingerprint density at radius 3 is 2.19 bits per heavy atom. The van der Waals surface area contributed by atoms with Crippen LogP contribution in [0.3, 0.4) is 0 Å². The largest absolute Gasteiger partial charge is 0.481 e. The van der Waals surface area contributed by atoms with Crippen molar-refractivity contribution in [3.05, 3.63) is 0 Å². The van der Waals surface area contributed by atoms with Gasteiger partial charge in [0.05, 0.1) is 16.4 Å². The van der Waals surface area contributed by atoms with Gasteiger partial charge in [-0.3, -0.25) is 4.79 Å². The van der Waals surface area contributed by atoms with Crippen molar-refractivity contribution in [2.75, 3.05) is 5.75 Å². The molecule has 16 heavy (non-hydrogen) atoms. The summed E-state index contributed by atoms with van der Waals surface area (Å²) in [5.74, 6) is -1.30. The molecule has 1 rings (SSSR count). The molecule has 0 aromatic carbocycles. The third kappa shape index (κ3) is 3.20. The van der Waals surface area contributed by atoms with Gasteiger partial charge in [-0.1, -0.05) is 19.3 Å². The molecular formula is C11H20O4S. The van der Waals surface area contributed by atoms with Gasteiger partial charge in [-0.15, -0.1) is 0 Å². The van der Waals surface area contributed by atoms with Crippen molar-refractivity contribution in [3.63, 3.8) is 0 Å². The van der Waals surface area contributed by atoms with E-state index < -0.39 is 21.2 Å². The molecule has 4 nitrogen and oxygen atoms in total. The van der Waals surface area contributed by atoms with Gasteiger partial charge in [0, 0.05) is 0 Å². The van der Waals surface area contributed by atoms with Crippen molar-refractivity contribution in [1.82, 2.24) is 0 Å². The number of sulfone groups is 1. The van der Waals surface area contributed by atoms with E-state index in [4.69, 9.17) is 5.11 Å². The minimum atomic E-state index is -3.27. The molecule has 0 aliphatic heterocycles. The van der Waals surface area contributed by atoms with Crippen molar-refractivity contribution in [2.45, 2.75) is 51.2 Å².